The van der Waals surface area contributed by atoms with Gasteiger partial charge in [-0.3, -0.25) is 9.36 Å². The van der Waals surface area contributed by atoms with E-state index in [4.69, 9.17) is 9.15 Å². The summed E-state index contributed by atoms with van der Waals surface area (Å²) in [6.07, 6.45) is 3.97. The third kappa shape index (κ3) is 5.81. The average Bonchev–Trinajstić information content (AvgIpc) is 3.52. The summed E-state index contributed by atoms with van der Waals surface area (Å²) < 4.78 is 13.2. The van der Waals surface area contributed by atoms with Crippen LogP contribution in [-0.4, -0.2) is 52.7 Å². The van der Waals surface area contributed by atoms with Gasteiger partial charge in [0.25, 0.3) is 0 Å². The van der Waals surface area contributed by atoms with E-state index in [1.54, 1.807) is 6.26 Å². The minimum atomic E-state index is -0.0619. The molecule has 1 N–H and O–H groups in total. The number of furan rings is 1. The third-order valence-electron chi connectivity index (χ3n) is 5.00. The van der Waals surface area contributed by atoms with Crippen molar-refractivity contribution >= 4 is 23.6 Å². The first kappa shape index (κ1) is 21.3. The summed E-state index contributed by atoms with van der Waals surface area (Å²) in [5, 5.41) is 12.3. The fourth-order valence-electron chi connectivity index (χ4n) is 3.48. The number of aromatic nitrogens is 3. The number of nitrogens with zero attached hydrogens (tertiary/aromatic N) is 4. The molecule has 0 unspecified atom stereocenters. The first-order chi connectivity index (χ1) is 15.2. The van der Waals surface area contributed by atoms with Crippen LogP contribution < -0.4 is 15.0 Å². The van der Waals surface area contributed by atoms with Gasteiger partial charge in [-0.05, 0) is 49.6 Å². The van der Waals surface area contributed by atoms with Crippen LogP contribution in [0.4, 0.5) is 5.95 Å². The van der Waals surface area contributed by atoms with Crippen molar-refractivity contribution in [2.45, 2.75) is 31.5 Å². The Morgan fingerprint density at radius 2 is 2.10 bits per heavy atom. The lowest BCUT2D eigenvalue weighted by molar-refractivity contribution is -0.118. The maximum atomic E-state index is 12.3. The normalized spacial score (nSPS) is 13.5. The number of carbonyl (C=O) groups is 1. The van der Waals surface area contributed by atoms with Gasteiger partial charge < -0.3 is 19.4 Å². The number of ether oxygens (including phenoxy) is 1. The fraction of sp³-hybridized carbons (Fsp3) is 0.409. The van der Waals surface area contributed by atoms with Crippen LogP contribution in [-0.2, 0) is 11.3 Å². The molecular weight excluding hydrogens is 414 g/mol. The summed E-state index contributed by atoms with van der Waals surface area (Å²) in [5.74, 6) is 2.68. The molecule has 0 radical (unpaired) electrons. The van der Waals surface area contributed by atoms with Gasteiger partial charge in [0, 0.05) is 13.1 Å². The molecule has 1 aliphatic rings. The van der Waals surface area contributed by atoms with Gasteiger partial charge in [0.05, 0.1) is 25.1 Å². The Hall–Kier alpha value is -2.94. The highest BCUT2D eigenvalue weighted by Crippen LogP contribution is 2.25. The Morgan fingerprint density at radius 3 is 2.87 bits per heavy atom. The molecule has 1 amide bonds. The maximum absolute atomic E-state index is 12.3. The number of aryl methyl sites for hydroxylation is 1. The summed E-state index contributed by atoms with van der Waals surface area (Å²) in [5.41, 5.74) is 1.14. The SMILES string of the molecule is Cc1cccc(OCCNC(=O)CSc2nnc(N3CCCC3)n2Cc2ccco2)c1. The minimum absolute atomic E-state index is 0.0619. The highest BCUT2D eigenvalue weighted by Gasteiger charge is 2.22. The zero-order valence-electron chi connectivity index (χ0n) is 17.6. The van der Waals surface area contributed by atoms with Gasteiger partial charge in [0.15, 0.2) is 5.16 Å². The molecule has 4 rings (SSSR count). The second-order valence-electron chi connectivity index (χ2n) is 7.45. The first-order valence-corrected chi connectivity index (χ1v) is 11.5. The van der Waals surface area contributed by atoms with Crippen molar-refractivity contribution in [3.8, 4) is 5.75 Å². The van der Waals surface area contributed by atoms with Crippen LogP contribution in [0.1, 0.15) is 24.2 Å². The molecule has 8 nitrogen and oxygen atoms in total. The van der Waals surface area contributed by atoms with Crippen LogP contribution in [0.3, 0.4) is 0 Å². The Bertz CT molecular complexity index is 983. The molecule has 1 fully saturated rings. The third-order valence-corrected chi connectivity index (χ3v) is 5.96. The van der Waals surface area contributed by atoms with E-state index < -0.39 is 0 Å². The zero-order valence-corrected chi connectivity index (χ0v) is 18.4. The molecule has 2 aromatic heterocycles. The Balaban J connectivity index is 1.29. The zero-order chi connectivity index (χ0) is 21.5. The minimum Gasteiger partial charge on any atom is -0.492 e. The Kier molecular flexibility index (Phi) is 7.14. The van der Waals surface area contributed by atoms with E-state index in [9.17, 15) is 4.79 Å². The molecule has 0 spiro atoms. The average molecular weight is 442 g/mol. The number of thioether (sulfide) groups is 1. The molecule has 0 aliphatic carbocycles. The van der Waals surface area contributed by atoms with Gasteiger partial charge in [-0.2, -0.15) is 0 Å². The predicted molar refractivity (Wildman–Crippen MR) is 120 cm³/mol. The molecule has 1 aromatic carbocycles. The number of benzene rings is 1. The number of anilines is 1. The van der Waals surface area contributed by atoms with Crippen molar-refractivity contribution in [1.29, 1.82) is 0 Å². The van der Waals surface area contributed by atoms with Crippen LogP contribution >= 0.6 is 11.8 Å². The van der Waals surface area contributed by atoms with E-state index in [1.165, 1.54) is 11.8 Å². The maximum Gasteiger partial charge on any atom is 0.230 e. The Labute approximate surface area is 186 Å². The molecule has 3 heterocycles. The molecule has 9 heteroatoms. The number of carbonyl (C=O) groups excluding carboxylic acids is 1. The van der Waals surface area contributed by atoms with Crippen LogP contribution in [0.2, 0.25) is 0 Å². The first-order valence-electron chi connectivity index (χ1n) is 10.5. The summed E-state index contributed by atoms with van der Waals surface area (Å²) in [6.45, 7) is 5.38. The largest absolute Gasteiger partial charge is 0.492 e. The molecule has 3 aromatic rings. The second-order valence-corrected chi connectivity index (χ2v) is 8.39. The number of hydrogen-bond donors (Lipinski definition) is 1. The van der Waals surface area contributed by atoms with Gasteiger partial charge in [-0.1, -0.05) is 23.9 Å². The van der Waals surface area contributed by atoms with E-state index in [1.807, 2.05) is 47.9 Å². The van der Waals surface area contributed by atoms with Crippen LogP contribution in [0.5, 0.6) is 5.75 Å². The summed E-state index contributed by atoms with van der Waals surface area (Å²) in [4.78, 5) is 14.5. The van der Waals surface area contributed by atoms with Crippen molar-refractivity contribution in [3.05, 3.63) is 54.0 Å². The van der Waals surface area contributed by atoms with E-state index in [-0.39, 0.29) is 11.7 Å². The van der Waals surface area contributed by atoms with Crippen molar-refractivity contribution in [2.75, 3.05) is 36.9 Å². The summed E-state index contributed by atoms with van der Waals surface area (Å²) >= 11 is 1.38. The van der Waals surface area contributed by atoms with Gasteiger partial charge in [-0.15, -0.1) is 10.2 Å². The molecule has 1 aliphatic heterocycles. The van der Waals surface area contributed by atoms with E-state index in [0.29, 0.717) is 24.9 Å². The summed E-state index contributed by atoms with van der Waals surface area (Å²) in [7, 11) is 0. The van der Waals surface area contributed by atoms with Crippen LogP contribution in [0.15, 0.2) is 52.2 Å². The topological polar surface area (TPSA) is 85.4 Å². The van der Waals surface area contributed by atoms with Crippen molar-refractivity contribution < 1.29 is 13.9 Å². The standard InChI is InChI=1S/C22H27N5O3S/c1-17-6-4-7-18(14-17)30-13-9-23-20(28)16-31-22-25-24-21(26-10-2-3-11-26)27(22)15-19-8-5-12-29-19/h4-8,12,14H,2-3,9-11,13,15-16H2,1H3,(H,23,28). The number of nitrogens with one attached hydrogen (secondary N) is 1. The smallest absolute Gasteiger partial charge is 0.230 e. The van der Waals surface area contributed by atoms with E-state index in [2.05, 4.69) is 20.4 Å². The van der Waals surface area contributed by atoms with Crippen LogP contribution in [0.25, 0.3) is 0 Å². The quantitative estimate of drug-likeness (QED) is 0.382. The lowest BCUT2D eigenvalue weighted by Crippen LogP contribution is -2.29. The lowest BCUT2D eigenvalue weighted by atomic mass is 10.2. The summed E-state index contributed by atoms with van der Waals surface area (Å²) in [6, 6.07) is 11.7. The van der Waals surface area contributed by atoms with E-state index in [0.717, 1.165) is 49.0 Å². The molecule has 0 atom stereocenters. The monoisotopic (exact) mass is 441 g/mol. The van der Waals surface area contributed by atoms with Crippen LogP contribution in [0, 0.1) is 6.92 Å². The number of rotatable bonds is 10. The second kappa shape index (κ2) is 10.4. The van der Waals surface area contributed by atoms with Gasteiger partial charge in [-0.25, -0.2) is 0 Å². The highest BCUT2D eigenvalue weighted by molar-refractivity contribution is 7.99. The molecular formula is C22H27N5O3S. The molecule has 31 heavy (non-hydrogen) atoms. The van der Waals surface area contributed by atoms with Crippen molar-refractivity contribution in [1.82, 2.24) is 20.1 Å². The molecule has 164 valence electrons. The molecule has 0 bridgehead atoms. The predicted octanol–water partition coefficient (Wildman–Crippen LogP) is 3.12. The Morgan fingerprint density at radius 1 is 1.23 bits per heavy atom. The molecule has 1 saturated heterocycles. The molecule has 0 saturated carbocycles. The van der Waals surface area contributed by atoms with Crippen molar-refractivity contribution in [3.63, 3.8) is 0 Å². The highest BCUT2D eigenvalue weighted by atomic mass is 32.2. The lowest BCUT2D eigenvalue weighted by Gasteiger charge is -2.17. The number of hydrogen-bond acceptors (Lipinski definition) is 7. The van der Waals surface area contributed by atoms with Crippen molar-refractivity contribution in [2.24, 2.45) is 0 Å². The van der Waals surface area contributed by atoms with Gasteiger partial charge >= 0.3 is 0 Å². The van der Waals surface area contributed by atoms with E-state index >= 15 is 0 Å². The fourth-order valence-corrected chi connectivity index (χ4v) is 4.24. The van der Waals surface area contributed by atoms with Gasteiger partial charge in [0.1, 0.15) is 18.1 Å². The van der Waals surface area contributed by atoms with Gasteiger partial charge in [0.2, 0.25) is 11.9 Å². The number of amides is 1.